The minimum absolute atomic E-state index is 0.141. The Balaban J connectivity index is 1.67. The first-order chi connectivity index (χ1) is 14.6. The maximum Gasteiger partial charge on any atom is 0.212 e. The fourth-order valence-electron chi connectivity index (χ4n) is 3.40. The van der Waals surface area contributed by atoms with Crippen molar-refractivity contribution in [1.29, 1.82) is 0 Å². The molecule has 0 bridgehead atoms. The quantitative estimate of drug-likeness (QED) is 0.448. The third-order valence-electron chi connectivity index (χ3n) is 5.07. The molecule has 5 heteroatoms. The number of imidazole rings is 1. The number of ketones is 1. The highest BCUT2D eigenvalue weighted by Gasteiger charge is 2.15. The van der Waals surface area contributed by atoms with Gasteiger partial charge in [-0.05, 0) is 54.4 Å². The molecule has 0 saturated carbocycles. The van der Waals surface area contributed by atoms with E-state index in [2.05, 4.69) is 23.0 Å². The lowest BCUT2D eigenvalue weighted by Gasteiger charge is -2.12. The number of hydrogen-bond donors (Lipinski definition) is 1. The van der Waals surface area contributed by atoms with Gasteiger partial charge in [0.2, 0.25) is 5.78 Å². The molecule has 0 spiro atoms. The van der Waals surface area contributed by atoms with Crippen LogP contribution in [-0.4, -0.2) is 30.0 Å². The number of hydrogen-bond acceptors (Lipinski definition) is 4. The second-order valence-corrected chi connectivity index (χ2v) is 6.92. The standard InChI is InChI=1S/C25H22N2O3/c1-16-8-9-18(14-21(16)20-6-4-5-7-23(20)30-3)25-26-15-22(27-25)24(28)17-10-12-19(29-2)13-11-17/h4-15H,1-3H3,(H,26,27). The molecule has 0 amide bonds. The van der Waals surface area contributed by atoms with E-state index in [1.165, 1.54) is 0 Å². The van der Waals surface area contributed by atoms with Crippen LogP contribution in [0, 0.1) is 6.92 Å². The topological polar surface area (TPSA) is 64.2 Å². The Labute approximate surface area is 175 Å². The smallest absolute Gasteiger partial charge is 0.212 e. The summed E-state index contributed by atoms with van der Waals surface area (Å²) in [6, 6.07) is 21.0. The zero-order chi connectivity index (χ0) is 21.1. The lowest BCUT2D eigenvalue weighted by molar-refractivity contribution is 0.103. The molecule has 0 saturated heterocycles. The predicted molar refractivity (Wildman–Crippen MR) is 117 cm³/mol. The fraction of sp³-hybridized carbons (Fsp3) is 0.120. The molecule has 0 radical (unpaired) electrons. The highest BCUT2D eigenvalue weighted by Crippen LogP contribution is 2.34. The van der Waals surface area contributed by atoms with Crippen LogP contribution < -0.4 is 9.47 Å². The van der Waals surface area contributed by atoms with Crippen molar-refractivity contribution in [2.75, 3.05) is 14.2 Å². The minimum Gasteiger partial charge on any atom is -0.497 e. The first-order valence-corrected chi connectivity index (χ1v) is 9.59. The van der Waals surface area contributed by atoms with Crippen LogP contribution in [0.15, 0.2) is 72.9 Å². The summed E-state index contributed by atoms with van der Waals surface area (Å²) < 4.78 is 10.7. The molecular weight excluding hydrogens is 376 g/mol. The largest absolute Gasteiger partial charge is 0.497 e. The van der Waals surface area contributed by atoms with Crippen LogP contribution in [0.1, 0.15) is 21.6 Å². The summed E-state index contributed by atoms with van der Waals surface area (Å²) in [5.41, 5.74) is 5.03. The molecule has 30 heavy (non-hydrogen) atoms. The average molecular weight is 398 g/mol. The molecular formula is C25H22N2O3. The number of carbonyl (C=O) groups is 1. The summed E-state index contributed by atoms with van der Waals surface area (Å²) >= 11 is 0. The molecule has 5 nitrogen and oxygen atoms in total. The van der Waals surface area contributed by atoms with Crippen LogP contribution in [0.3, 0.4) is 0 Å². The van der Waals surface area contributed by atoms with Crippen molar-refractivity contribution in [2.24, 2.45) is 0 Å². The number of carbonyl (C=O) groups excluding carboxylic acids is 1. The highest BCUT2D eigenvalue weighted by molar-refractivity contribution is 6.07. The number of para-hydroxylation sites is 1. The SMILES string of the molecule is COc1ccc(C(=O)c2c[nH]c(-c3ccc(C)c(-c4ccccc4OC)c3)n2)cc1. The van der Waals surface area contributed by atoms with Crippen LogP contribution in [-0.2, 0) is 0 Å². The van der Waals surface area contributed by atoms with Crippen molar-refractivity contribution in [2.45, 2.75) is 6.92 Å². The molecule has 3 aromatic carbocycles. The molecule has 1 aromatic heterocycles. The first-order valence-electron chi connectivity index (χ1n) is 9.59. The molecule has 0 atom stereocenters. The van der Waals surface area contributed by atoms with Crippen LogP contribution in [0.4, 0.5) is 0 Å². The number of aromatic amines is 1. The molecule has 0 unspecified atom stereocenters. The average Bonchev–Trinajstić information content (AvgIpc) is 3.29. The lowest BCUT2D eigenvalue weighted by atomic mass is 9.97. The predicted octanol–water partition coefficient (Wildman–Crippen LogP) is 5.30. The molecule has 0 aliphatic heterocycles. The van der Waals surface area contributed by atoms with E-state index in [9.17, 15) is 4.79 Å². The van der Waals surface area contributed by atoms with Gasteiger partial charge in [0.25, 0.3) is 0 Å². The van der Waals surface area contributed by atoms with Gasteiger partial charge in [-0.3, -0.25) is 4.79 Å². The van der Waals surface area contributed by atoms with Crippen LogP contribution in [0.2, 0.25) is 0 Å². The summed E-state index contributed by atoms with van der Waals surface area (Å²) in [7, 11) is 3.26. The third kappa shape index (κ3) is 3.70. The second-order valence-electron chi connectivity index (χ2n) is 6.92. The van der Waals surface area contributed by atoms with E-state index in [-0.39, 0.29) is 5.78 Å². The van der Waals surface area contributed by atoms with Crippen molar-refractivity contribution in [3.05, 3.63) is 89.7 Å². The van der Waals surface area contributed by atoms with Crippen LogP contribution >= 0.6 is 0 Å². The van der Waals surface area contributed by atoms with Crippen LogP contribution in [0.5, 0.6) is 11.5 Å². The van der Waals surface area contributed by atoms with Gasteiger partial charge in [-0.25, -0.2) is 4.98 Å². The Bertz CT molecular complexity index is 1190. The van der Waals surface area contributed by atoms with Crippen molar-refractivity contribution in [3.8, 4) is 34.0 Å². The van der Waals surface area contributed by atoms with E-state index in [1.807, 2.05) is 36.4 Å². The van der Waals surface area contributed by atoms with Gasteiger partial charge in [0.15, 0.2) is 0 Å². The summed E-state index contributed by atoms with van der Waals surface area (Å²) in [5.74, 6) is 2.02. The van der Waals surface area contributed by atoms with E-state index in [0.717, 1.165) is 28.0 Å². The Morgan fingerprint density at radius 2 is 1.67 bits per heavy atom. The number of methoxy groups -OCH3 is 2. The Kier molecular flexibility index (Phi) is 5.35. The van der Waals surface area contributed by atoms with E-state index in [1.54, 1.807) is 44.7 Å². The van der Waals surface area contributed by atoms with Gasteiger partial charge in [0.05, 0.1) is 14.2 Å². The first kappa shape index (κ1) is 19.5. The minimum atomic E-state index is -0.141. The third-order valence-corrected chi connectivity index (χ3v) is 5.07. The summed E-state index contributed by atoms with van der Waals surface area (Å²) in [6.07, 6.45) is 1.64. The fourth-order valence-corrected chi connectivity index (χ4v) is 3.40. The highest BCUT2D eigenvalue weighted by atomic mass is 16.5. The Morgan fingerprint density at radius 1 is 0.900 bits per heavy atom. The van der Waals surface area contributed by atoms with Gasteiger partial charge in [0, 0.05) is 22.9 Å². The number of ether oxygens (including phenoxy) is 2. The van der Waals surface area contributed by atoms with Crippen molar-refractivity contribution >= 4 is 5.78 Å². The zero-order valence-corrected chi connectivity index (χ0v) is 17.1. The number of benzene rings is 3. The summed E-state index contributed by atoms with van der Waals surface area (Å²) in [5, 5.41) is 0. The van der Waals surface area contributed by atoms with E-state index >= 15 is 0 Å². The number of nitrogens with one attached hydrogen (secondary N) is 1. The Hall–Kier alpha value is -3.86. The second kappa shape index (κ2) is 8.25. The molecule has 1 N–H and O–H groups in total. The molecule has 0 fully saturated rings. The van der Waals surface area contributed by atoms with Gasteiger partial charge in [-0.15, -0.1) is 0 Å². The molecule has 4 aromatic rings. The van der Waals surface area contributed by atoms with E-state index in [0.29, 0.717) is 22.8 Å². The summed E-state index contributed by atoms with van der Waals surface area (Å²) in [6.45, 7) is 2.06. The maximum absolute atomic E-state index is 12.8. The van der Waals surface area contributed by atoms with Gasteiger partial charge >= 0.3 is 0 Å². The molecule has 150 valence electrons. The zero-order valence-electron chi connectivity index (χ0n) is 17.1. The molecule has 0 aliphatic rings. The number of aryl methyl sites for hydroxylation is 1. The van der Waals surface area contributed by atoms with E-state index in [4.69, 9.17) is 9.47 Å². The summed E-state index contributed by atoms with van der Waals surface area (Å²) in [4.78, 5) is 20.4. The van der Waals surface area contributed by atoms with Crippen LogP contribution in [0.25, 0.3) is 22.5 Å². The van der Waals surface area contributed by atoms with Crippen molar-refractivity contribution in [1.82, 2.24) is 9.97 Å². The molecule has 4 rings (SSSR count). The van der Waals surface area contributed by atoms with Crippen molar-refractivity contribution < 1.29 is 14.3 Å². The number of rotatable bonds is 6. The van der Waals surface area contributed by atoms with Gasteiger partial charge in [-0.2, -0.15) is 0 Å². The molecule has 1 heterocycles. The maximum atomic E-state index is 12.8. The lowest BCUT2D eigenvalue weighted by Crippen LogP contribution is -2.01. The van der Waals surface area contributed by atoms with E-state index < -0.39 is 0 Å². The number of H-pyrrole nitrogens is 1. The van der Waals surface area contributed by atoms with Gasteiger partial charge in [0.1, 0.15) is 23.0 Å². The normalized spacial score (nSPS) is 10.6. The Morgan fingerprint density at radius 3 is 2.40 bits per heavy atom. The van der Waals surface area contributed by atoms with Crippen molar-refractivity contribution in [3.63, 3.8) is 0 Å². The number of nitrogens with zero attached hydrogens (tertiary/aromatic N) is 1. The number of aromatic nitrogens is 2. The van der Waals surface area contributed by atoms with Gasteiger partial charge < -0.3 is 14.5 Å². The van der Waals surface area contributed by atoms with Gasteiger partial charge in [-0.1, -0.05) is 30.3 Å². The molecule has 0 aliphatic carbocycles. The monoisotopic (exact) mass is 398 g/mol.